The molecule has 1 aromatic heterocycles. The molecule has 18 heavy (non-hydrogen) atoms. The van der Waals surface area contributed by atoms with E-state index in [1.165, 1.54) is 6.20 Å². The van der Waals surface area contributed by atoms with E-state index in [1.807, 2.05) is 0 Å². The third-order valence-corrected chi connectivity index (χ3v) is 5.74. The number of halogens is 1. The monoisotopic (exact) mass is 291 g/mol. The van der Waals surface area contributed by atoms with Gasteiger partial charge in [-0.05, 0) is 25.2 Å². The molecule has 1 aromatic rings. The van der Waals surface area contributed by atoms with Crippen LogP contribution in [0.4, 0.5) is 0 Å². The summed E-state index contributed by atoms with van der Waals surface area (Å²) in [5.41, 5.74) is 0.473. The lowest BCUT2D eigenvalue weighted by molar-refractivity contribution is 0.342. The molecule has 0 spiro atoms. The summed E-state index contributed by atoms with van der Waals surface area (Å²) in [5.74, 6) is 0.500. The van der Waals surface area contributed by atoms with Crippen molar-refractivity contribution < 1.29 is 8.42 Å². The first-order valence-electron chi connectivity index (χ1n) is 6.05. The topological polar surface area (TPSA) is 74.8 Å². The van der Waals surface area contributed by atoms with Gasteiger partial charge in [-0.1, -0.05) is 12.8 Å². The van der Waals surface area contributed by atoms with Gasteiger partial charge >= 0.3 is 0 Å². The number of alkyl halides is 1. The summed E-state index contributed by atoms with van der Waals surface area (Å²) in [7, 11) is -3.49. The number of hydrogen-bond acceptors (Lipinski definition) is 3. The second-order valence-electron chi connectivity index (χ2n) is 5.02. The van der Waals surface area contributed by atoms with Gasteiger partial charge in [0.15, 0.2) is 0 Å². The van der Waals surface area contributed by atoms with Crippen molar-refractivity contribution in [2.24, 2.45) is 5.41 Å². The number of rotatable bonds is 5. The molecule has 2 rings (SSSR count). The van der Waals surface area contributed by atoms with Gasteiger partial charge in [-0.2, -0.15) is 5.10 Å². The van der Waals surface area contributed by atoms with Crippen LogP contribution in [0.3, 0.4) is 0 Å². The minimum Gasteiger partial charge on any atom is -0.281 e. The number of nitrogens with zero attached hydrogens (tertiary/aromatic N) is 1. The third kappa shape index (κ3) is 2.70. The highest BCUT2D eigenvalue weighted by atomic mass is 35.5. The molecule has 2 N–H and O–H groups in total. The Morgan fingerprint density at radius 2 is 2.17 bits per heavy atom. The lowest BCUT2D eigenvalue weighted by atomic mass is 9.89. The van der Waals surface area contributed by atoms with Crippen molar-refractivity contribution in [3.05, 3.63) is 11.9 Å². The molecule has 1 aliphatic rings. The van der Waals surface area contributed by atoms with Gasteiger partial charge in [0.05, 0.1) is 11.9 Å². The van der Waals surface area contributed by atoms with Crippen LogP contribution in [-0.2, 0) is 10.0 Å². The average Bonchev–Trinajstić information content (AvgIpc) is 2.96. The fraction of sp³-hybridized carbons (Fsp3) is 0.727. The molecule has 0 unspecified atom stereocenters. The van der Waals surface area contributed by atoms with Crippen molar-refractivity contribution in [1.29, 1.82) is 0 Å². The predicted molar refractivity (Wildman–Crippen MR) is 70.1 cm³/mol. The van der Waals surface area contributed by atoms with Crippen molar-refractivity contribution in [3.8, 4) is 0 Å². The van der Waals surface area contributed by atoms with E-state index in [4.69, 9.17) is 11.6 Å². The molecule has 1 aliphatic carbocycles. The van der Waals surface area contributed by atoms with Crippen LogP contribution in [0.2, 0.25) is 0 Å². The van der Waals surface area contributed by atoms with Crippen molar-refractivity contribution in [3.63, 3.8) is 0 Å². The zero-order valence-electron chi connectivity index (χ0n) is 10.4. The number of aryl methyl sites for hydroxylation is 1. The maximum Gasteiger partial charge on any atom is 0.243 e. The van der Waals surface area contributed by atoms with Crippen LogP contribution in [0.5, 0.6) is 0 Å². The molecule has 0 amide bonds. The van der Waals surface area contributed by atoms with E-state index >= 15 is 0 Å². The summed E-state index contributed by atoms with van der Waals surface area (Å²) in [6, 6.07) is 0. The Labute approximate surface area is 112 Å². The Morgan fingerprint density at radius 3 is 2.67 bits per heavy atom. The molecule has 1 heterocycles. The lowest BCUT2D eigenvalue weighted by Gasteiger charge is -2.26. The molecule has 0 aliphatic heterocycles. The highest BCUT2D eigenvalue weighted by molar-refractivity contribution is 7.89. The summed E-state index contributed by atoms with van der Waals surface area (Å²) < 4.78 is 26.9. The highest BCUT2D eigenvalue weighted by Crippen LogP contribution is 2.38. The first kappa shape index (κ1) is 13.8. The maximum absolute atomic E-state index is 12.1. The molecule has 0 atom stereocenters. The third-order valence-electron chi connectivity index (χ3n) is 3.66. The second kappa shape index (κ2) is 5.19. The van der Waals surface area contributed by atoms with Crippen molar-refractivity contribution in [2.45, 2.75) is 37.5 Å². The van der Waals surface area contributed by atoms with Crippen LogP contribution < -0.4 is 4.72 Å². The van der Waals surface area contributed by atoms with E-state index < -0.39 is 10.0 Å². The first-order chi connectivity index (χ1) is 8.49. The van der Waals surface area contributed by atoms with Gasteiger partial charge in [0.2, 0.25) is 10.0 Å². The quantitative estimate of drug-likeness (QED) is 0.812. The van der Waals surface area contributed by atoms with Gasteiger partial charge in [-0.15, -0.1) is 11.6 Å². The summed E-state index contributed by atoms with van der Waals surface area (Å²) in [6.45, 7) is 2.10. The van der Waals surface area contributed by atoms with Crippen LogP contribution in [0.1, 0.15) is 31.4 Å². The Kier molecular flexibility index (Phi) is 3.99. The SMILES string of the molecule is Cc1[nH]ncc1S(=O)(=O)NCC1(CCl)CCCC1. The molecule has 5 nitrogen and oxygen atoms in total. The van der Waals surface area contributed by atoms with E-state index in [-0.39, 0.29) is 10.3 Å². The molecule has 7 heteroatoms. The molecule has 0 bridgehead atoms. The molecular formula is C11H18ClN3O2S. The summed E-state index contributed by atoms with van der Waals surface area (Å²) in [5, 5.41) is 6.37. The number of H-pyrrole nitrogens is 1. The molecule has 1 saturated carbocycles. The van der Waals surface area contributed by atoms with Crippen molar-refractivity contribution in [2.75, 3.05) is 12.4 Å². The van der Waals surface area contributed by atoms with Crippen molar-refractivity contribution in [1.82, 2.24) is 14.9 Å². The normalized spacial score (nSPS) is 19.2. The maximum atomic E-state index is 12.1. The number of nitrogens with one attached hydrogen (secondary N) is 2. The first-order valence-corrected chi connectivity index (χ1v) is 8.06. The number of hydrogen-bond donors (Lipinski definition) is 2. The highest BCUT2D eigenvalue weighted by Gasteiger charge is 2.34. The minimum absolute atomic E-state index is 0.0771. The van der Waals surface area contributed by atoms with Crippen LogP contribution in [-0.4, -0.2) is 31.0 Å². The largest absolute Gasteiger partial charge is 0.281 e. The molecule has 0 radical (unpaired) electrons. The zero-order valence-corrected chi connectivity index (χ0v) is 11.9. The van der Waals surface area contributed by atoms with Gasteiger partial charge < -0.3 is 0 Å². The summed E-state index contributed by atoms with van der Waals surface area (Å²) >= 11 is 6.00. The van der Waals surface area contributed by atoms with Crippen LogP contribution in [0.25, 0.3) is 0 Å². The van der Waals surface area contributed by atoms with Gasteiger partial charge in [-0.3, -0.25) is 5.10 Å². The van der Waals surface area contributed by atoms with Crippen molar-refractivity contribution >= 4 is 21.6 Å². The van der Waals surface area contributed by atoms with Gasteiger partial charge in [0, 0.05) is 12.4 Å². The van der Waals surface area contributed by atoms with Crippen LogP contribution >= 0.6 is 11.6 Å². The molecule has 1 fully saturated rings. The summed E-state index contributed by atoms with van der Waals surface area (Å²) in [4.78, 5) is 0.213. The van der Waals surface area contributed by atoms with Gasteiger partial charge in [-0.25, -0.2) is 13.1 Å². The van der Waals surface area contributed by atoms with E-state index in [9.17, 15) is 8.42 Å². The Morgan fingerprint density at radius 1 is 1.50 bits per heavy atom. The minimum atomic E-state index is -3.49. The molecule has 102 valence electrons. The fourth-order valence-electron chi connectivity index (χ4n) is 2.42. The van der Waals surface area contributed by atoms with E-state index in [2.05, 4.69) is 14.9 Å². The number of sulfonamides is 1. The second-order valence-corrected chi connectivity index (χ2v) is 7.03. The van der Waals surface area contributed by atoms with Crippen LogP contribution in [0, 0.1) is 12.3 Å². The Balaban J connectivity index is 2.08. The Bertz CT molecular complexity index is 506. The predicted octanol–water partition coefficient (Wildman–Crippen LogP) is 1.80. The van der Waals surface area contributed by atoms with Gasteiger partial charge in [0.25, 0.3) is 0 Å². The lowest BCUT2D eigenvalue weighted by Crippen LogP contribution is -2.37. The number of aromatic amines is 1. The van der Waals surface area contributed by atoms with E-state index in [0.29, 0.717) is 18.1 Å². The average molecular weight is 292 g/mol. The molecule has 0 saturated heterocycles. The fourth-order valence-corrected chi connectivity index (χ4v) is 4.07. The van der Waals surface area contributed by atoms with E-state index in [1.54, 1.807) is 6.92 Å². The number of aromatic nitrogens is 2. The van der Waals surface area contributed by atoms with Crippen LogP contribution in [0.15, 0.2) is 11.1 Å². The smallest absolute Gasteiger partial charge is 0.243 e. The van der Waals surface area contributed by atoms with E-state index in [0.717, 1.165) is 25.7 Å². The molecule has 0 aromatic carbocycles. The Hall–Kier alpha value is -0.590. The summed E-state index contributed by atoms with van der Waals surface area (Å²) in [6.07, 6.45) is 5.56. The molecular weight excluding hydrogens is 274 g/mol. The standard InChI is InChI=1S/C11H18ClN3O2S/c1-9-10(6-13-15-9)18(16,17)14-8-11(7-12)4-2-3-5-11/h6,14H,2-5,7-8H2,1H3,(H,13,15). The zero-order chi connectivity index (χ0) is 13.2. The van der Waals surface area contributed by atoms with Gasteiger partial charge in [0.1, 0.15) is 4.90 Å².